The van der Waals surface area contributed by atoms with E-state index in [0.717, 1.165) is 24.0 Å². The lowest BCUT2D eigenvalue weighted by molar-refractivity contribution is -0.136. The molecule has 2 aromatic carbocycles. The lowest BCUT2D eigenvalue weighted by atomic mass is 10.0. The van der Waals surface area contributed by atoms with E-state index in [1.165, 1.54) is 0 Å². The Balaban J connectivity index is 0.00000937. The van der Waals surface area contributed by atoms with Crippen LogP contribution in [0, 0.1) is 24.2 Å². The summed E-state index contributed by atoms with van der Waals surface area (Å²) in [6.07, 6.45) is 10.9. The number of aromatic nitrogens is 9. The van der Waals surface area contributed by atoms with Crippen molar-refractivity contribution in [3.05, 3.63) is 83.4 Å². The molecule has 7 rings (SSSR count). The molecule has 2 fully saturated rings. The van der Waals surface area contributed by atoms with Crippen LogP contribution in [0.15, 0.2) is 60.9 Å². The first-order chi connectivity index (χ1) is 36.2. The Morgan fingerprint density at radius 3 is 1.45 bits per heavy atom. The highest BCUT2D eigenvalue weighted by atomic mass is 35.5. The summed E-state index contributed by atoms with van der Waals surface area (Å²) < 4.78 is 19.8. The number of phenols is 2. The maximum atomic E-state index is 14.5. The standard InChI is InChI=1S/C52H74N16O7.ClH/c1-6-24-73-26-28-75-29-27-74-25-15-55-50-56-51(65-20-16-63(17-21-65)48(71)46(32-38-7-11-40(69)12-8-38)67-34-44(59-61-67)42(53)30-36(2)3)58-52(57-50)66-22-18-64(19-23-66)49(72)47(33-39-9-13-41(70)14-10-39)68-35-45(60-62-68)43(54)31-37(4)5;/h1,7-14,34-37,42-43,46-47,69-70H,15-33,53-54H2,2-5H3,(H,55,56,57,58);1H/t42-,43-,46+,47+;/m0./s1. The summed E-state index contributed by atoms with van der Waals surface area (Å²) in [6.45, 7) is 14.3. The van der Waals surface area contributed by atoms with Gasteiger partial charge in [-0.25, -0.2) is 9.36 Å². The molecule has 412 valence electrons. The molecule has 4 atom stereocenters. The zero-order valence-corrected chi connectivity index (χ0v) is 44.9. The van der Waals surface area contributed by atoms with Crippen LogP contribution >= 0.6 is 12.4 Å². The van der Waals surface area contributed by atoms with Crippen molar-refractivity contribution in [1.29, 1.82) is 0 Å². The van der Waals surface area contributed by atoms with E-state index in [-0.39, 0.29) is 54.4 Å². The number of benzene rings is 2. The summed E-state index contributed by atoms with van der Waals surface area (Å²) >= 11 is 0. The molecule has 5 aromatic rings. The third kappa shape index (κ3) is 16.9. The SMILES string of the molecule is C#CCOCCOCCOCCNc1nc(N2CCN(C(=O)[C@@H](Cc3ccc(O)cc3)n3cc([C@@H](N)CC(C)C)nn3)CC2)nc(N2CCN(C(=O)[C@@H](Cc3ccc(O)cc3)n3cc([C@@H](N)CC(C)C)nn3)CC2)n1.Cl. The van der Waals surface area contributed by atoms with Crippen molar-refractivity contribution in [1.82, 2.24) is 54.7 Å². The Kier molecular flexibility index (Phi) is 22.4. The molecule has 76 heavy (non-hydrogen) atoms. The van der Waals surface area contributed by atoms with E-state index in [2.05, 4.69) is 59.6 Å². The number of ether oxygens (including phenoxy) is 3. The molecule has 5 heterocycles. The van der Waals surface area contributed by atoms with E-state index in [9.17, 15) is 19.8 Å². The smallest absolute Gasteiger partial charge is 0.247 e. The van der Waals surface area contributed by atoms with Gasteiger partial charge in [0.1, 0.15) is 30.2 Å². The van der Waals surface area contributed by atoms with Gasteiger partial charge in [-0.2, -0.15) is 15.0 Å². The highest BCUT2D eigenvalue weighted by molar-refractivity contribution is 5.85. The molecule has 24 heteroatoms. The minimum Gasteiger partial charge on any atom is -0.508 e. The second kappa shape index (κ2) is 29.0. The van der Waals surface area contributed by atoms with Crippen LogP contribution in [-0.2, 0) is 36.6 Å². The summed E-state index contributed by atoms with van der Waals surface area (Å²) in [4.78, 5) is 51.5. The van der Waals surface area contributed by atoms with E-state index in [1.54, 1.807) is 70.3 Å². The van der Waals surface area contributed by atoms with E-state index < -0.39 is 12.1 Å². The number of nitrogens with two attached hydrogens (primary N) is 2. The van der Waals surface area contributed by atoms with Gasteiger partial charge in [0, 0.05) is 71.7 Å². The van der Waals surface area contributed by atoms with Crippen LogP contribution in [0.3, 0.4) is 0 Å². The third-order valence-corrected chi connectivity index (χ3v) is 13.0. The number of halogens is 1. The van der Waals surface area contributed by atoms with Crippen LogP contribution in [-0.4, -0.2) is 175 Å². The number of aromatic hydroxyl groups is 2. The van der Waals surface area contributed by atoms with E-state index in [4.69, 9.17) is 47.1 Å². The van der Waals surface area contributed by atoms with Crippen molar-refractivity contribution in [2.75, 3.05) is 114 Å². The Hall–Kier alpha value is -6.68. The molecule has 0 unspecified atom stereocenters. The molecule has 0 radical (unpaired) electrons. The normalized spacial score (nSPS) is 15.6. The van der Waals surface area contributed by atoms with Gasteiger partial charge >= 0.3 is 0 Å². The minimum atomic E-state index is -0.704. The van der Waals surface area contributed by atoms with E-state index >= 15 is 0 Å². The topological polar surface area (TPSA) is 279 Å². The van der Waals surface area contributed by atoms with E-state index in [0.29, 0.717) is 146 Å². The number of amides is 2. The number of hydrogen-bond acceptors (Lipinski definition) is 19. The molecule has 2 aliphatic heterocycles. The fraction of sp³-hybridized carbons (Fsp3) is 0.558. The summed E-state index contributed by atoms with van der Waals surface area (Å²) in [6, 6.07) is 11.6. The molecule has 0 spiro atoms. The largest absolute Gasteiger partial charge is 0.508 e. The van der Waals surface area contributed by atoms with Gasteiger partial charge in [0.05, 0.1) is 68.9 Å². The fourth-order valence-electron chi connectivity index (χ4n) is 8.98. The van der Waals surface area contributed by atoms with Gasteiger partial charge in [-0.05, 0) is 60.1 Å². The van der Waals surface area contributed by atoms with Gasteiger partial charge in [-0.1, -0.05) is 68.3 Å². The first-order valence-electron chi connectivity index (χ1n) is 25.9. The Morgan fingerprint density at radius 1 is 0.632 bits per heavy atom. The maximum absolute atomic E-state index is 14.5. The summed E-state index contributed by atoms with van der Waals surface area (Å²) in [7, 11) is 0. The molecule has 2 aliphatic rings. The van der Waals surface area contributed by atoms with Crippen molar-refractivity contribution in [2.45, 2.75) is 77.5 Å². The molecular formula is C52H75ClN16O7. The fourth-order valence-corrected chi connectivity index (χ4v) is 8.98. The number of piperazine rings is 2. The molecule has 2 saturated heterocycles. The van der Waals surface area contributed by atoms with Crippen LogP contribution in [0.4, 0.5) is 17.8 Å². The Bertz CT molecular complexity index is 2440. The highest BCUT2D eigenvalue weighted by Crippen LogP contribution is 2.27. The summed E-state index contributed by atoms with van der Waals surface area (Å²) in [5.41, 5.74) is 15.9. The second-order valence-electron chi connectivity index (χ2n) is 19.8. The highest BCUT2D eigenvalue weighted by Gasteiger charge is 2.34. The maximum Gasteiger partial charge on any atom is 0.247 e. The number of nitrogens with zero attached hydrogens (tertiary/aromatic N) is 13. The Morgan fingerprint density at radius 2 is 1.04 bits per heavy atom. The van der Waals surface area contributed by atoms with Gasteiger partial charge in [-0.15, -0.1) is 29.0 Å². The lowest BCUT2D eigenvalue weighted by Gasteiger charge is -2.38. The minimum absolute atomic E-state index is 0. The van der Waals surface area contributed by atoms with Gasteiger partial charge in [0.15, 0.2) is 0 Å². The van der Waals surface area contributed by atoms with Crippen molar-refractivity contribution < 1.29 is 34.0 Å². The first kappa shape index (κ1) is 58.6. The second-order valence-corrected chi connectivity index (χ2v) is 19.8. The number of terminal acetylenes is 1. The van der Waals surface area contributed by atoms with Crippen LogP contribution in [0.1, 0.15) is 87.2 Å². The van der Waals surface area contributed by atoms with Gasteiger partial charge in [0.2, 0.25) is 29.7 Å². The zero-order chi connectivity index (χ0) is 53.3. The molecule has 23 nitrogen and oxygen atoms in total. The average molecular weight is 1070 g/mol. The van der Waals surface area contributed by atoms with Crippen LogP contribution in [0.2, 0.25) is 0 Å². The van der Waals surface area contributed by atoms with Crippen molar-refractivity contribution >= 4 is 42.1 Å². The van der Waals surface area contributed by atoms with E-state index in [1.807, 2.05) is 19.6 Å². The molecule has 3 aromatic heterocycles. The predicted octanol–water partition coefficient (Wildman–Crippen LogP) is 3.34. The quantitative estimate of drug-likeness (QED) is 0.0372. The van der Waals surface area contributed by atoms with Gasteiger partial charge < -0.3 is 60.8 Å². The molecule has 0 aliphatic carbocycles. The van der Waals surface area contributed by atoms with Crippen molar-refractivity contribution in [2.24, 2.45) is 23.3 Å². The van der Waals surface area contributed by atoms with Gasteiger partial charge in [-0.3, -0.25) is 9.59 Å². The number of anilines is 3. The van der Waals surface area contributed by atoms with Crippen LogP contribution in [0.5, 0.6) is 11.5 Å². The van der Waals surface area contributed by atoms with Crippen LogP contribution < -0.4 is 26.6 Å². The molecule has 2 amide bonds. The average Bonchev–Trinajstić information content (AvgIpc) is 4.11. The first-order valence-corrected chi connectivity index (χ1v) is 25.9. The Labute approximate surface area is 451 Å². The number of phenolic OH excluding ortho intramolecular Hbond substituents is 2. The number of nitrogens with one attached hydrogen (secondary N) is 1. The number of carbonyl (C=O) groups excluding carboxylic acids is 2. The van der Waals surface area contributed by atoms with Crippen LogP contribution in [0.25, 0.3) is 0 Å². The van der Waals surface area contributed by atoms with Crippen molar-refractivity contribution in [3.63, 3.8) is 0 Å². The van der Waals surface area contributed by atoms with Gasteiger partial charge in [0.25, 0.3) is 0 Å². The zero-order valence-electron chi connectivity index (χ0n) is 44.1. The van der Waals surface area contributed by atoms with Crippen molar-refractivity contribution in [3.8, 4) is 23.8 Å². The predicted molar refractivity (Wildman–Crippen MR) is 289 cm³/mol. The number of rotatable bonds is 27. The molecule has 0 bridgehead atoms. The third-order valence-electron chi connectivity index (χ3n) is 13.0. The number of hydrogen-bond donors (Lipinski definition) is 5. The number of carbonyl (C=O) groups is 2. The molecular weight excluding hydrogens is 996 g/mol. The molecule has 7 N–H and O–H groups in total. The lowest BCUT2D eigenvalue weighted by Crippen LogP contribution is -2.52. The summed E-state index contributed by atoms with van der Waals surface area (Å²) in [5.74, 6) is 4.43. The monoisotopic (exact) mass is 1070 g/mol. The molecule has 0 saturated carbocycles. The summed E-state index contributed by atoms with van der Waals surface area (Å²) in [5, 5.41) is 40.8.